The minimum Gasteiger partial charge on any atom is -0.478 e. The maximum absolute atomic E-state index is 11.1. The normalized spacial score (nSPS) is 16.8. The van der Waals surface area contributed by atoms with Crippen LogP contribution in [-0.4, -0.2) is 48.1 Å². The van der Waals surface area contributed by atoms with Gasteiger partial charge in [-0.05, 0) is 38.9 Å². The fraction of sp³-hybridized carbons (Fsp3) is 0.636. The third-order valence-electron chi connectivity index (χ3n) is 2.53. The van der Waals surface area contributed by atoms with Crippen molar-refractivity contribution < 1.29 is 14.7 Å². The van der Waals surface area contributed by atoms with Crippen LogP contribution in [0.1, 0.15) is 19.3 Å². The molecule has 5 heteroatoms. The molecule has 1 aliphatic heterocycles. The lowest BCUT2D eigenvalue weighted by Crippen LogP contribution is -2.27. The van der Waals surface area contributed by atoms with Crippen molar-refractivity contribution in [3.63, 3.8) is 0 Å². The zero-order valence-electron chi connectivity index (χ0n) is 9.32. The van der Waals surface area contributed by atoms with Gasteiger partial charge in [-0.2, -0.15) is 0 Å². The Morgan fingerprint density at radius 3 is 2.56 bits per heavy atom. The molecule has 1 aliphatic rings. The lowest BCUT2D eigenvalue weighted by atomic mass is 10.3. The first-order valence-electron chi connectivity index (χ1n) is 5.59. The van der Waals surface area contributed by atoms with E-state index in [9.17, 15) is 9.59 Å². The van der Waals surface area contributed by atoms with Crippen LogP contribution in [0.25, 0.3) is 0 Å². The van der Waals surface area contributed by atoms with E-state index in [1.165, 1.54) is 12.8 Å². The third-order valence-corrected chi connectivity index (χ3v) is 2.53. The Morgan fingerprint density at radius 1 is 1.25 bits per heavy atom. The van der Waals surface area contributed by atoms with Crippen molar-refractivity contribution in [2.45, 2.75) is 19.3 Å². The van der Waals surface area contributed by atoms with Gasteiger partial charge in [0.1, 0.15) is 0 Å². The largest absolute Gasteiger partial charge is 0.478 e. The summed E-state index contributed by atoms with van der Waals surface area (Å²) in [5, 5.41) is 11.0. The summed E-state index contributed by atoms with van der Waals surface area (Å²) in [7, 11) is 0. The number of likely N-dealkylation sites (tertiary alicyclic amines) is 1. The SMILES string of the molecule is O=C(O)/C=C/C(=O)NCCCN1CCCC1. The first-order chi connectivity index (χ1) is 7.68. The van der Waals surface area contributed by atoms with Gasteiger partial charge in [-0.15, -0.1) is 0 Å². The Labute approximate surface area is 95.1 Å². The van der Waals surface area contributed by atoms with Crippen molar-refractivity contribution in [2.24, 2.45) is 0 Å². The molecule has 0 spiro atoms. The number of nitrogens with one attached hydrogen (secondary N) is 1. The van der Waals surface area contributed by atoms with Gasteiger partial charge >= 0.3 is 5.97 Å². The Balaban J connectivity index is 2.01. The van der Waals surface area contributed by atoms with Gasteiger partial charge < -0.3 is 15.3 Å². The van der Waals surface area contributed by atoms with Crippen LogP contribution in [0, 0.1) is 0 Å². The summed E-state index contributed by atoms with van der Waals surface area (Å²) in [6.45, 7) is 3.92. The number of nitrogens with zero attached hydrogens (tertiary/aromatic N) is 1. The summed E-state index contributed by atoms with van der Waals surface area (Å²) in [4.78, 5) is 23.6. The number of carboxylic acids is 1. The number of carboxylic acid groups (broad SMARTS) is 1. The molecule has 2 N–H and O–H groups in total. The van der Waals surface area contributed by atoms with E-state index < -0.39 is 5.97 Å². The number of amides is 1. The van der Waals surface area contributed by atoms with E-state index >= 15 is 0 Å². The van der Waals surface area contributed by atoms with Crippen LogP contribution < -0.4 is 5.32 Å². The molecule has 0 aromatic carbocycles. The van der Waals surface area contributed by atoms with Crippen LogP contribution in [0.4, 0.5) is 0 Å². The molecule has 5 nitrogen and oxygen atoms in total. The van der Waals surface area contributed by atoms with Crippen molar-refractivity contribution in [1.82, 2.24) is 10.2 Å². The predicted molar refractivity (Wildman–Crippen MR) is 60.1 cm³/mol. The maximum atomic E-state index is 11.1. The molecule has 90 valence electrons. The first kappa shape index (κ1) is 12.7. The van der Waals surface area contributed by atoms with Crippen LogP contribution in [-0.2, 0) is 9.59 Å². The molecule has 1 fully saturated rings. The van der Waals surface area contributed by atoms with E-state index in [4.69, 9.17) is 5.11 Å². The number of carbonyl (C=O) groups is 2. The van der Waals surface area contributed by atoms with E-state index in [0.29, 0.717) is 6.54 Å². The fourth-order valence-electron chi connectivity index (χ4n) is 1.73. The molecule has 1 heterocycles. The second kappa shape index (κ2) is 7.00. The minimum absolute atomic E-state index is 0.344. The molecule has 0 saturated carbocycles. The highest BCUT2D eigenvalue weighted by molar-refractivity contribution is 5.93. The summed E-state index contributed by atoms with van der Waals surface area (Å²) in [5.74, 6) is -1.45. The number of hydrogen-bond donors (Lipinski definition) is 2. The highest BCUT2D eigenvalue weighted by Crippen LogP contribution is 2.06. The van der Waals surface area contributed by atoms with Gasteiger partial charge in [0, 0.05) is 18.7 Å². The van der Waals surface area contributed by atoms with Crippen LogP contribution in [0.2, 0.25) is 0 Å². The molecule has 0 aliphatic carbocycles. The average molecular weight is 226 g/mol. The average Bonchev–Trinajstić information content (AvgIpc) is 2.74. The molecule has 0 aromatic heterocycles. The molecule has 1 rings (SSSR count). The fourth-order valence-corrected chi connectivity index (χ4v) is 1.73. The van der Waals surface area contributed by atoms with Crippen molar-refractivity contribution >= 4 is 11.9 Å². The summed E-state index contributed by atoms with van der Waals surface area (Å²) >= 11 is 0. The zero-order chi connectivity index (χ0) is 11.8. The van der Waals surface area contributed by atoms with Crippen molar-refractivity contribution in [1.29, 1.82) is 0 Å². The smallest absolute Gasteiger partial charge is 0.328 e. The second-order valence-electron chi connectivity index (χ2n) is 3.86. The molecule has 1 saturated heterocycles. The van der Waals surface area contributed by atoms with Crippen LogP contribution >= 0.6 is 0 Å². The molecular weight excluding hydrogens is 208 g/mol. The lowest BCUT2D eigenvalue weighted by molar-refractivity contribution is -0.131. The molecule has 0 atom stereocenters. The van der Waals surface area contributed by atoms with E-state index in [0.717, 1.165) is 38.2 Å². The van der Waals surface area contributed by atoms with Gasteiger partial charge in [-0.3, -0.25) is 4.79 Å². The molecule has 0 aromatic rings. The highest BCUT2D eigenvalue weighted by atomic mass is 16.4. The van der Waals surface area contributed by atoms with Crippen LogP contribution in [0.15, 0.2) is 12.2 Å². The quantitative estimate of drug-likeness (QED) is 0.502. The highest BCUT2D eigenvalue weighted by Gasteiger charge is 2.10. The monoisotopic (exact) mass is 226 g/mol. The van der Waals surface area contributed by atoms with Gasteiger partial charge in [-0.1, -0.05) is 0 Å². The van der Waals surface area contributed by atoms with Gasteiger partial charge in [0.05, 0.1) is 0 Å². The molecule has 16 heavy (non-hydrogen) atoms. The first-order valence-corrected chi connectivity index (χ1v) is 5.59. The number of carbonyl (C=O) groups excluding carboxylic acids is 1. The maximum Gasteiger partial charge on any atom is 0.328 e. The van der Waals surface area contributed by atoms with Gasteiger partial charge in [0.25, 0.3) is 0 Å². The van der Waals surface area contributed by atoms with Gasteiger partial charge in [-0.25, -0.2) is 4.79 Å². The third kappa shape index (κ3) is 5.50. The standard InChI is InChI=1S/C11H18N2O3/c14-10(4-5-11(15)16)12-6-3-9-13-7-1-2-8-13/h4-5H,1-3,6-9H2,(H,12,14)(H,15,16)/b5-4+. The van der Waals surface area contributed by atoms with Crippen LogP contribution in [0.5, 0.6) is 0 Å². The number of aliphatic carboxylic acids is 1. The Bertz CT molecular complexity index is 270. The van der Waals surface area contributed by atoms with Crippen molar-refractivity contribution in [2.75, 3.05) is 26.2 Å². The summed E-state index contributed by atoms with van der Waals surface area (Å²) in [6.07, 6.45) is 5.34. The molecule has 0 radical (unpaired) electrons. The van der Waals surface area contributed by atoms with Gasteiger partial charge in [0.2, 0.25) is 5.91 Å². The van der Waals surface area contributed by atoms with Crippen LogP contribution in [0.3, 0.4) is 0 Å². The number of hydrogen-bond acceptors (Lipinski definition) is 3. The molecule has 0 unspecified atom stereocenters. The topological polar surface area (TPSA) is 69.6 Å². The Kier molecular flexibility index (Phi) is 5.56. The molecule has 1 amide bonds. The zero-order valence-corrected chi connectivity index (χ0v) is 9.32. The molecule has 0 bridgehead atoms. The minimum atomic E-state index is -1.10. The van der Waals surface area contributed by atoms with E-state index in [2.05, 4.69) is 10.2 Å². The number of rotatable bonds is 6. The lowest BCUT2D eigenvalue weighted by Gasteiger charge is -2.13. The summed E-state index contributed by atoms with van der Waals surface area (Å²) < 4.78 is 0. The van der Waals surface area contributed by atoms with Crippen molar-refractivity contribution in [3.8, 4) is 0 Å². The Hall–Kier alpha value is -1.36. The van der Waals surface area contributed by atoms with E-state index in [-0.39, 0.29) is 5.91 Å². The van der Waals surface area contributed by atoms with E-state index in [1.54, 1.807) is 0 Å². The Morgan fingerprint density at radius 2 is 1.94 bits per heavy atom. The van der Waals surface area contributed by atoms with Crippen molar-refractivity contribution in [3.05, 3.63) is 12.2 Å². The summed E-state index contributed by atoms with van der Waals surface area (Å²) in [5.41, 5.74) is 0. The summed E-state index contributed by atoms with van der Waals surface area (Å²) in [6, 6.07) is 0. The predicted octanol–water partition coefficient (Wildman–Crippen LogP) is 0.229. The second-order valence-corrected chi connectivity index (χ2v) is 3.86. The van der Waals surface area contributed by atoms with E-state index in [1.807, 2.05) is 0 Å². The van der Waals surface area contributed by atoms with Gasteiger partial charge in [0.15, 0.2) is 0 Å². The molecular formula is C11H18N2O3.